The predicted molar refractivity (Wildman–Crippen MR) is 90.2 cm³/mol. The van der Waals surface area contributed by atoms with Crippen LogP contribution in [0.3, 0.4) is 0 Å². The summed E-state index contributed by atoms with van der Waals surface area (Å²) in [5.41, 5.74) is 2.27. The summed E-state index contributed by atoms with van der Waals surface area (Å²) < 4.78 is 28.4. The van der Waals surface area contributed by atoms with Crippen LogP contribution in [0.15, 0.2) is 53.7 Å². The van der Waals surface area contributed by atoms with Crippen LogP contribution < -0.4 is 10.1 Å². The number of hydrogen-bond donors (Lipinski definition) is 1. The van der Waals surface area contributed by atoms with Gasteiger partial charge in [0.1, 0.15) is 12.9 Å². The molecule has 1 N–H and O–H groups in total. The van der Waals surface area contributed by atoms with Crippen molar-refractivity contribution < 1.29 is 23.1 Å². The van der Waals surface area contributed by atoms with Gasteiger partial charge < -0.3 is 14.9 Å². The number of benzene rings is 2. The molecule has 0 aliphatic heterocycles. The highest BCUT2D eigenvalue weighted by atomic mass is 19.3. The van der Waals surface area contributed by atoms with Crippen molar-refractivity contribution in [1.29, 1.82) is 0 Å². The third-order valence-electron chi connectivity index (χ3n) is 3.33. The van der Waals surface area contributed by atoms with E-state index in [0.29, 0.717) is 18.5 Å². The molecule has 0 atom stereocenters. The largest absolute Gasteiger partial charge is 0.435 e. The van der Waals surface area contributed by atoms with Crippen LogP contribution in [0.25, 0.3) is 0 Å². The molecule has 2 rings (SSSR count). The Morgan fingerprint density at radius 3 is 2.44 bits per heavy atom. The molecular formula is C18H18F2N2O3. The van der Waals surface area contributed by atoms with Crippen LogP contribution in [0.1, 0.15) is 21.5 Å². The van der Waals surface area contributed by atoms with E-state index in [0.717, 1.165) is 11.1 Å². The summed E-state index contributed by atoms with van der Waals surface area (Å²) in [6.45, 7) is -2.40. The number of amides is 1. The molecule has 0 saturated carbocycles. The van der Waals surface area contributed by atoms with E-state index in [9.17, 15) is 13.6 Å². The maximum absolute atomic E-state index is 12.1. The number of carbonyl (C=O) groups is 1. The third-order valence-corrected chi connectivity index (χ3v) is 3.33. The number of nitrogens with zero attached hydrogens (tertiary/aromatic N) is 1. The van der Waals surface area contributed by atoms with Gasteiger partial charge in [-0.2, -0.15) is 8.78 Å². The summed E-state index contributed by atoms with van der Waals surface area (Å²) in [6.07, 6.45) is 2.13. The first kappa shape index (κ1) is 18.4. The Morgan fingerprint density at radius 2 is 1.84 bits per heavy atom. The monoisotopic (exact) mass is 348 g/mol. The Hall–Kier alpha value is -2.96. The fraction of sp³-hybridized carbons (Fsp3) is 0.222. The number of oxime groups is 1. The van der Waals surface area contributed by atoms with Crippen LogP contribution in [0.2, 0.25) is 0 Å². The van der Waals surface area contributed by atoms with Crippen LogP contribution in [0, 0.1) is 0 Å². The fourth-order valence-corrected chi connectivity index (χ4v) is 2.09. The number of hydrogen-bond acceptors (Lipinski definition) is 4. The standard InChI is InChI=1S/C18H18F2N2O3/c1-24-22-12-14-2-6-15(7-3-14)17(23)21-11-10-13-4-8-16(9-5-13)25-18(19)20/h2-9,12,18H,10-11H2,1H3,(H,21,23)/b22-12+. The van der Waals surface area contributed by atoms with Crippen molar-refractivity contribution in [3.8, 4) is 5.75 Å². The van der Waals surface area contributed by atoms with Gasteiger partial charge in [-0.1, -0.05) is 29.4 Å². The first-order valence-corrected chi connectivity index (χ1v) is 7.57. The highest BCUT2D eigenvalue weighted by molar-refractivity contribution is 5.95. The zero-order valence-electron chi connectivity index (χ0n) is 13.6. The van der Waals surface area contributed by atoms with E-state index >= 15 is 0 Å². The SMILES string of the molecule is CO/N=C/c1ccc(C(=O)NCCc2ccc(OC(F)F)cc2)cc1. The van der Waals surface area contributed by atoms with Gasteiger partial charge in [-0.3, -0.25) is 4.79 Å². The molecule has 0 fully saturated rings. The van der Waals surface area contributed by atoms with Crippen molar-refractivity contribution >= 4 is 12.1 Å². The number of rotatable bonds is 8. The maximum atomic E-state index is 12.1. The van der Waals surface area contributed by atoms with Gasteiger partial charge in [0, 0.05) is 12.1 Å². The van der Waals surface area contributed by atoms with Crippen molar-refractivity contribution in [2.45, 2.75) is 13.0 Å². The van der Waals surface area contributed by atoms with Gasteiger partial charge in [-0.15, -0.1) is 0 Å². The number of nitrogens with one attached hydrogen (secondary N) is 1. The minimum Gasteiger partial charge on any atom is -0.435 e. The molecule has 0 aliphatic carbocycles. The van der Waals surface area contributed by atoms with Crippen LogP contribution in [-0.4, -0.2) is 32.4 Å². The topological polar surface area (TPSA) is 59.9 Å². The van der Waals surface area contributed by atoms with E-state index in [2.05, 4.69) is 20.0 Å². The van der Waals surface area contributed by atoms with Crippen molar-refractivity contribution in [3.05, 3.63) is 65.2 Å². The van der Waals surface area contributed by atoms with Crippen molar-refractivity contribution in [2.75, 3.05) is 13.7 Å². The van der Waals surface area contributed by atoms with Gasteiger partial charge in [0.25, 0.3) is 5.91 Å². The molecule has 0 radical (unpaired) electrons. The molecule has 0 unspecified atom stereocenters. The van der Waals surface area contributed by atoms with Crippen LogP contribution in [0.4, 0.5) is 8.78 Å². The van der Waals surface area contributed by atoms with Crippen LogP contribution in [0.5, 0.6) is 5.75 Å². The summed E-state index contributed by atoms with van der Waals surface area (Å²) in [6, 6.07) is 13.2. The summed E-state index contributed by atoms with van der Waals surface area (Å²) in [7, 11) is 1.46. The fourth-order valence-electron chi connectivity index (χ4n) is 2.09. The summed E-state index contributed by atoms with van der Waals surface area (Å²) in [4.78, 5) is 16.7. The third kappa shape index (κ3) is 6.21. The molecule has 0 saturated heterocycles. The van der Waals surface area contributed by atoms with E-state index in [1.165, 1.54) is 19.2 Å². The highest BCUT2D eigenvalue weighted by Gasteiger charge is 2.06. The van der Waals surface area contributed by atoms with Crippen LogP contribution in [-0.2, 0) is 11.3 Å². The zero-order valence-corrected chi connectivity index (χ0v) is 13.6. The summed E-state index contributed by atoms with van der Waals surface area (Å²) >= 11 is 0. The number of halogens is 2. The Balaban J connectivity index is 1.80. The second-order valence-electron chi connectivity index (χ2n) is 5.07. The highest BCUT2D eigenvalue weighted by Crippen LogP contribution is 2.15. The summed E-state index contributed by atoms with van der Waals surface area (Å²) in [5.74, 6) is -0.0761. The second-order valence-corrected chi connectivity index (χ2v) is 5.07. The van der Waals surface area contributed by atoms with E-state index in [1.54, 1.807) is 42.6 Å². The molecule has 25 heavy (non-hydrogen) atoms. The lowest BCUT2D eigenvalue weighted by atomic mass is 10.1. The van der Waals surface area contributed by atoms with Gasteiger partial charge in [0.05, 0.1) is 6.21 Å². The molecule has 5 nitrogen and oxygen atoms in total. The maximum Gasteiger partial charge on any atom is 0.387 e. The molecule has 2 aromatic rings. The predicted octanol–water partition coefficient (Wildman–Crippen LogP) is 3.24. The van der Waals surface area contributed by atoms with Crippen molar-refractivity contribution in [2.24, 2.45) is 5.16 Å². The Morgan fingerprint density at radius 1 is 1.16 bits per heavy atom. The normalized spacial score (nSPS) is 10.9. The zero-order chi connectivity index (χ0) is 18.1. The quantitative estimate of drug-likeness (QED) is 0.588. The molecule has 7 heteroatoms. The van der Waals surface area contributed by atoms with E-state index in [1.807, 2.05) is 0 Å². The lowest BCUT2D eigenvalue weighted by molar-refractivity contribution is -0.0498. The lowest BCUT2D eigenvalue weighted by Gasteiger charge is -2.07. The molecule has 0 bridgehead atoms. The Labute approximate surface area is 144 Å². The number of alkyl halides is 2. The van der Waals surface area contributed by atoms with Gasteiger partial charge >= 0.3 is 6.61 Å². The van der Waals surface area contributed by atoms with Crippen molar-refractivity contribution in [1.82, 2.24) is 5.32 Å². The van der Waals surface area contributed by atoms with E-state index in [4.69, 9.17) is 0 Å². The number of ether oxygens (including phenoxy) is 1. The molecule has 0 spiro atoms. The minimum absolute atomic E-state index is 0.111. The van der Waals surface area contributed by atoms with E-state index in [-0.39, 0.29) is 11.7 Å². The van der Waals surface area contributed by atoms with Crippen LogP contribution >= 0.6 is 0 Å². The molecule has 0 aromatic heterocycles. The molecule has 2 aromatic carbocycles. The molecule has 1 amide bonds. The lowest BCUT2D eigenvalue weighted by Crippen LogP contribution is -2.25. The molecular weight excluding hydrogens is 330 g/mol. The average molecular weight is 348 g/mol. The first-order valence-electron chi connectivity index (χ1n) is 7.57. The number of carbonyl (C=O) groups excluding carboxylic acids is 1. The van der Waals surface area contributed by atoms with Gasteiger partial charge in [0.2, 0.25) is 0 Å². The first-order chi connectivity index (χ1) is 12.1. The molecule has 132 valence electrons. The van der Waals surface area contributed by atoms with Crippen molar-refractivity contribution in [3.63, 3.8) is 0 Å². The van der Waals surface area contributed by atoms with Gasteiger partial charge in [0.15, 0.2) is 0 Å². The smallest absolute Gasteiger partial charge is 0.387 e. The average Bonchev–Trinajstić information content (AvgIpc) is 2.61. The Bertz CT molecular complexity index is 701. The van der Waals surface area contributed by atoms with E-state index < -0.39 is 6.61 Å². The minimum atomic E-state index is -2.84. The molecule has 0 aliphatic rings. The van der Waals surface area contributed by atoms with Gasteiger partial charge in [-0.05, 0) is 41.8 Å². The van der Waals surface area contributed by atoms with Gasteiger partial charge in [-0.25, -0.2) is 0 Å². The summed E-state index contributed by atoms with van der Waals surface area (Å²) in [5, 5.41) is 6.45. The second kappa shape index (κ2) is 9.36. The Kier molecular flexibility index (Phi) is 6.88. The molecule has 0 heterocycles.